The van der Waals surface area contributed by atoms with Crippen molar-refractivity contribution in [2.24, 2.45) is 0 Å². The van der Waals surface area contributed by atoms with Crippen LogP contribution in [-0.4, -0.2) is 31.5 Å². The second kappa shape index (κ2) is 7.63. The van der Waals surface area contributed by atoms with E-state index in [9.17, 15) is 17.2 Å². The first kappa shape index (κ1) is 18.7. The number of piperidine rings is 1. The minimum absolute atomic E-state index is 0.135. The Morgan fingerprint density at radius 1 is 1.08 bits per heavy atom. The molecule has 2 aromatic rings. The van der Waals surface area contributed by atoms with Gasteiger partial charge in [-0.1, -0.05) is 0 Å². The normalized spacial score (nSPS) is 15.3. The predicted octanol–water partition coefficient (Wildman–Crippen LogP) is 2.53. The van der Waals surface area contributed by atoms with E-state index in [1.807, 2.05) is 13.0 Å². The zero-order valence-corrected chi connectivity index (χ0v) is 15.2. The van der Waals surface area contributed by atoms with Crippen molar-refractivity contribution in [1.29, 1.82) is 0 Å². The Kier molecular flexibility index (Phi) is 5.47. The van der Waals surface area contributed by atoms with Gasteiger partial charge in [-0.05, 0) is 44.4 Å². The number of nitrogens with one attached hydrogen (secondary N) is 1. The van der Waals surface area contributed by atoms with Crippen LogP contribution in [0.2, 0.25) is 0 Å². The Bertz CT molecular complexity index is 900. The van der Waals surface area contributed by atoms with Crippen molar-refractivity contribution in [3.05, 3.63) is 47.4 Å². The summed E-state index contributed by atoms with van der Waals surface area (Å²) >= 11 is 0. The van der Waals surface area contributed by atoms with Crippen LogP contribution in [0.25, 0.3) is 0 Å². The van der Waals surface area contributed by atoms with Crippen LogP contribution in [-0.2, 0) is 16.6 Å². The summed E-state index contributed by atoms with van der Waals surface area (Å²) in [5.41, 5.74) is 0.739. The molecule has 1 aliphatic rings. The third kappa shape index (κ3) is 4.34. The Labute approximate surface area is 151 Å². The number of benzene rings is 1. The molecule has 0 atom stereocenters. The Balaban J connectivity index is 1.76. The van der Waals surface area contributed by atoms with E-state index in [1.54, 1.807) is 0 Å². The van der Waals surface area contributed by atoms with Gasteiger partial charge in [-0.15, -0.1) is 0 Å². The summed E-state index contributed by atoms with van der Waals surface area (Å²) in [5.74, 6) is -1.21. The van der Waals surface area contributed by atoms with Gasteiger partial charge in [-0.25, -0.2) is 31.9 Å². The van der Waals surface area contributed by atoms with Crippen LogP contribution in [0.5, 0.6) is 0 Å². The van der Waals surface area contributed by atoms with Gasteiger partial charge in [-0.3, -0.25) is 0 Å². The fourth-order valence-corrected chi connectivity index (χ4v) is 3.85. The molecular weight excluding hydrogens is 362 g/mol. The second-order valence-corrected chi connectivity index (χ2v) is 8.00. The first-order valence-corrected chi connectivity index (χ1v) is 9.88. The first-order valence-electron chi connectivity index (χ1n) is 8.39. The van der Waals surface area contributed by atoms with Gasteiger partial charge in [0.15, 0.2) is 11.6 Å². The van der Waals surface area contributed by atoms with Crippen molar-refractivity contribution in [1.82, 2.24) is 14.7 Å². The summed E-state index contributed by atoms with van der Waals surface area (Å²) < 4.78 is 53.2. The van der Waals surface area contributed by atoms with Gasteiger partial charge in [-0.2, -0.15) is 0 Å². The quantitative estimate of drug-likeness (QED) is 0.860. The number of aromatic nitrogens is 2. The number of nitrogens with zero attached hydrogens (tertiary/aromatic N) is 3. The molecular formula is C17H20F2N4O2S. The maximum absolute atomic E-state index is 13.3. The van der Waals surface area contributed by atoms with Crippen LogP contribution >= 0.6 is 0 Å². The minimum atomic E-state index is -4.00. The number of anilines is 1. The third-order valence-corrected chi connectivity index (χ3v) is 5.59. The molecule has 1 aliphatic heterocycles. The summed E-state index contributed by atoms with van der Waals surface area (Å²) in [6.45, 7) is 3.51. The fraction of sp³-hybridized carbons (Fsp3) is 0.412. The second-order valence-electron chi connectivity index (χ2n) is 6.23. The lowest BCUT2D eigenvalue weighted by molar-refractivity contribution is 0.504. The molecule has 140 valence electrons. The fourth-order valence-electron chi connectivity index (χ4n) is 2.86. The van der Waals surface area contributed by atoms with Crippen molar-refractivity contribution >= 4 is 15.8 Å². The number of hydrogen-bond donors (Lipinski definition) is 1. The lowest BCUT2D eigenvalue weighted by atomic mass is 10.1. The molecule has 2 heterocycles. The highest BCUT2D eigenvalue weighted by atomic mass is 32.2. The number of aryl methyl sites for hydroxylation is 1. The van der Waals surface area contributed by atoms with Gasteiger partial charge in [0, 0.05) is 24.8 Å². The zero-order chi connectivity index (χ0) is 18.7. The summed E-state index contributed by atoms with van der Waals surface area (Å²) in [5, 5.41) is 0. The van der Waals surface area contributed by atoms with E-state index in [0.29, 0.717) is 11.9 Å². The van der Waals surface area contributed by atoms with Gasteiger partial charge in [0.1, 0.15) is 11.6 Å². The van der Waals surface area contributed by atoms with E-state index >= 15 is 0 Å². The molecule has 0 spiro atoms. The van der Waals surface area contributed by atoms with E-state index in [-0.39, 0.29) is 11.4 Å². The van der Waals surface area contributed by atoms with E-state index in [1.165, 1.54) is 6.42 Å². The topological polar surface area (TPSA) is 75.2 Å². The first-order chi connectivity index (χ1) is 12.3. The van der Waals surface area contributed by atoms with E-state index < -0.39 is 21.7 Å². The molecule has 1 aromatic carbocycles. The molecule has 1 aromatic heterocycles. The number of halogens is 2. The van der Waals surface area contributed by atoms with Crippen molar-refractivity contribution in [2.75, 3.05) is 18.0 Å². The maximum atomic E-state index is 13.3. The van der Waals surface area contributed by atoms with Crippen LogP contribution in [0.4, 0.5) is 14.6 Å². The largest absolute Gasteiger partial charge is 0.357 e. The van der Waals surface area contributed by atoms with E-state index in [0.717, 1.165) is 49.6 Å². The zero-order valence-electron chi connectivity index (χ0n) is 14.4. The molecule has 9 heteroatoms. The highest BCUT2D eigenvalue weighted by Gasteiger charge is 2.18. The smallest absolute Gasteiger partial charge is 0.241 e. The van der Waals surface area contributed by atoms with Crippen molar-refractivity contribution < 1.29 is 17.2 Å². The molecule has 3 rings (SSSR count). The monoisotopic (exact) mass is 382 g/mol. The van der Waals surface area contributed by atoms with Crippen molar-refractivity contribution in [3.8, 4) is 0 Å². The van der Waals surface area contributed by atoms with E-state index in [2.05, 4.69) is 19.6 Å². The number of hydrogen-bond acceptors (Lipinski definition) is 5. The predicted molar refractivity (Wildman–Crippen MR) is 93.2 cm³/mol. The highest BCUT2D eigenvalue weighted by Crippen LogP contribution is 2.19. The molecule has 26 heavy (non-hydrogen) atoms. The van der Waals surface area contributed by atoms with Crippen LogP contribution in [0.3, 0.4) is 0 Å². The van der Waals surface area contributed by atoms with Gasteiger partial charge in [0.05, 0.1) is 11.4 Å². The molecule has 0 aliphatic carbocycles. The maximum Gasteiger partial charge on any atom is 0.241 e. The van der Waals surface area contributed by atoms with E-state index in [4.69, 9.17) is 0 Å². The van der Waals surface area contributed by atoms with Crippen molar-refractivity contribution in [3.63, 3.8) is 0 Å². The molecule has 0 unspecified atom stereocenters. The molecule has 0 bridgehead atoms. The summed E-state index contributed by atoms with van der Waals surface area (Å²) in [7, 11) is -4.00. The van der Waals surface area contributed by atoms with Crippen LogP contribution in [0.1, 0.15) is 30.8 Å². The number of rotatable bonds is 5. The number of sulfonamides is 1. The summed E-state index contributed by atoms with van der Waals surface area (Å²) in [6.07, 6.45) is 3.39. The summed E-state index contributed by atoms with van der Waals surface area (Å²) in [6, 6.07) is 4.31. The lowest BCUT2D eigenvalue weighted by Gasteiger charge is -2.28. The Hall–Kier alpha value is -2.13. The van der Waals surface area contributed by atoms with Gasteiger partial charge in [0.2, 0.25) is 10.0 Å². The third-order valence-electron chi connectivity index (χ3n) is 4.19. The molecule has 1 N–H and O–H groups in total. The van der Waals surface area contributed by atoms with Crippen LogP contribution in [0.15, 0.2) is 29.2 Å². The van der Waals surface area contributed by atoms with Gasteiger partial charge in [0.25, 0.3) is 0 Å². The van der Waals surface area contributed by atoms with Gasteiger partial charge < -0.3 is 4.90 Å². The van der Waals surface area contributed by atoms with Crippen LogP contribution in [0, 0.1) is 18.6 Å². The molecule has 0 saturated carbocycles. The SMILES string of the molecule is Cc1cc(N2CCCCC2)nc(CNS(=O)(=O)c2ccc(F)c(F)c2)n1. The van der Waals surface area contributed by atoms with Gasteiger partial charge >= 0.3 is 0 Å². The summed E-state index contributed by atoms with van der Waals surface area (Å²) in [4.78, 5) is 10.5. The Morgan fingerprint density at radius 3 is 2.50 bits per heavy atom. The molecule has 0 amide bonds. The average Bonchev–Trinajstić information content (AvgIpc) is 2.62. The molecule has 6 nitrogen and oxygen atoms in total. The lowest BCUT2D eigenvalue weighted by Crippen LogP contribution is -2.31. The van der Waals surface area contributed by atoms with Crippen LogP contribution < -0.4 is 9.62 Å². The Morgan fingerprint density at radius 2 is 1.81 bits per heavy atom. The highest BCUT2D eigenvalue weighted by molar-refractivity contribution is 7.89. The molecule has 0 radical (unpaired) electrons. The van der Waals surface area contributed by atoms with Crippen molar-refractivity contribution in [2.45, 2.75) is 37.6 Å². The minimum Gasteiger partial charge on any atom is -0.357 e. The average molecular weight is 382 g/mol. The molecule has 1 fully saturated rings. The standard InChI is InChI=1S/C17H20F2N4O2S/c1-12-9-17(23-7-3-2-4-8-23)22-16(21-12)11-20-26(24,25)13-5-6-14(18)15(19)10-13/h5-6,9-10,20H,2-4,7-8,11H2,1H3. The molecule has 1 saturated heterocycles.